The molecule has 0 saturated heterocycles. The normalized spacial score (nSPS) is 24.6. The largest absolute Gasteiger partial charge is 0.440 e. The topological polar surface area (TPSA) is 34.0 Å². The third kappa shape index (κ3) is 1.91. The number of ether oxygens (including phenoxy) is 1. The minimum atomic E-state index is -0.132. The second-order valence-corrected chi connectivity index (χ2v) is 2.77. The molecule has 0 radical (unpaired) electrons. The summed E-state index contributed by atoms with van der Waals surface area (Å²) in [6.45, 7) is 0. The number of hydrogen-bond donors (Lipinski definition) is 0. The van der Waals surface area contributed by atoms with Crippen LogP contribution >= 0.6 is 24.0 Å². The van der Waals surface area contributed by atoms with E-state index in [-0.39, 0.29) is 11.4 Å². The van der Waals surface area contributed by atoms with Crippen LogP contribution in [0.25, 0.3) is 0 Å². The van der Waals surface area contributed by atoms with Gasteiger partial charge in [-0.15, -0.1) is 10.2 Å². The highest BCUT2D eigenvalue weighted by Crippen LogP contribution is 2.11. The highest BCUT2D eigenvalue weighted by molar-refractivity contribution is 7.98. The second kappa shape index (κ2) is 3.12. The molecule has 0 saturated carbocycles. The van der Waals surface area contributed by atoms with Crippen molar-refractivity contribution in [2.75, 3.05) is 12.0 Å². The number of thiocarbonyl (C=S) groups is 1. The standard InChI is InChI=1S/C4H6N2OS2/c1-9-2-3-5-6-4(8)7-3/h3H,2H2,1H3. The number of azo groups is 1. The summed E-state index contributed by atoms with van der Waals surface area (Å²) in [6.07, 6.45) is 1.85. The Balaban J connectivity index is 2.32. The molecule has 0 bridgehead atoms. The van der Waals surface area contributed by atoms with Crippen LogP contribution in [0.1, 0.15) is 0 Å². The Hall–Kier alpha value is -0.160. The zero-order valence-corrected chi connectivity index (χ0v) is 6.54. The third-order valence-corrected chi connectivity index (χ3v) is 1.61. The molecule has 9 heavy (non-hydrogen) atoms. The predicted octanol–water partition coefficient (Wildman–Crippen LogP) is 1.44. The van der Waals surface area contributed by atoms with Gasteiger partial charge in [0.2, 0.25) is 6.23 Å². The van der Waals surface area contributed by atoms with Crippen molar-refractivity contribution >= 4 is 29.2 Å². The zero-order valence-electron chi connectivity index (χ0n) is 4.90. The van der Waals surface area contributed by atoms with Gasteiger partial charge in [-0.05, 0) is 18.5 Å². The molecule has 0 aliphatic carbocycles. The van der Waals surface area contributed by atoms with Crippen LogP contribution in [-0.2, 0) is 4.74 Å². The van der Waals surface area contributed by atoms with Gasteiger partial charge in [-0.1, -0.05) is 0 Å². The second-order valence-electron chi connectivity index (χ2n) is 1.51. The smallest absolute Gasteiger partial charge is 0.304 e. The maximum Gasteiger partial charge on any atom is 0.304 e. The molecule has 0 aromatic heterocycles. The fourth-order valence-corrected chi connectivity index (χ4v) is 1.06. The van der Waals surface area contributed by atoms with Crippen LogP contribution in [0.5, 0.6) is 0 Å². The Morgan fingerprint density at radius 2 is 2.67 bits per heavy atom. The Kier molecular flexibility index (Phi) is 2.41. The van der Waals surface area contributed by atoms with Crippen molar-refractivity contribution in [2.45, 2.75) is 6.23 Å². The molecule has 1 unspecified atom stereocenters. The van der Waals surface area contributed by atoms with Crippen LogP contribution in [0.15, 0.2) is 10.2 Å². The van der Waals surface area contributed by atoms with E-state index in [0.717, 1.165) is 5.75 Å². The van der Waals surface area contributed by atoms with Crippen LogP contribution in [0.3, 0.4) is 0 Å². The molecule has 1 heterocycles. The molecule has 0 spiro atoms. The number of nitrogens with zero attached hydrogens (tertiary/aromatic N) is 2. The molecule has 50 valence electrons. The Labute approximate surface area is 62.9 Å². The first kappa shape index (κ1) is 6.95. The van der Waals surface area contributed by atoms with E-state index in [1.54, 1.807) is 11.8 Å². The fourth-order valence-electron chi connectivity index (χ4n) is 0.485. The molecule has 5 heteroatoms. The molecule has 3 nitrogen and oxygen atoms in total. The summed E-state index contributed by atoms with van der Waals surface area (Å²) in [6, 6.07) is 0. The highest BCUT2D eigenvalue weighted by Gasteiger charge is 2.15. The van der Waals surface area contributed by atoms with E-state index >= 15 is 0 Å². The number of rotatable bonds is 2. The van der Waals surface area contributed by atoms with Crippen molar-refractivity contribution in [3.63, 3.8) is 0 Å². The third-order valence-electron chi connectivity index (χ3n) is 0.814. The van der Waals surface area contributed by atoms with E-state index in [1.165, 1.54) is 0 Å². The summed E-state index contributed by atoms with van der Waals surface area (Å²) < 4.78 is 4.98. The Morgan fingerprint density at radius 1 is 1.89 bits per heavy atom. The van der Waals surface area contributed by atoms with Gasteiger partial charge in [0.25, 0.3) is 0 Å². The lowest BCUT2D eigenvalue weighted by atomic mass is 10.7. The number of thioether (sulfide) groups is 1. The van der Waals surface area contributed by atoms with Crippen LogP contribution < -0.4 is 0 Å². The lowest BCUT2D eigenvalue weighted by Crippen LogP contribution is -2.08. The van der Waals surface area contributed by atoms with Gasteiger partial charge < -0.3 is 4.74 Å². The van der Waals surface area contributed by atoms with Crippen LogP contribution in [0.2, 0.25) is 0 Å². The van der Waals surface area contributed by atoms with Gasteiger partial charge in [0.05, 0.1) is 5.75 Å². The Morgan fingerprint density at radius 3 is 3.11 bits per heavy atom. The molecule has 0 fully saturated rings. The van der Waals surface area contributed by atoms with Crippen LogP contribution in [0.4, 0.5) is 0 Å². The first-order valence-corrected chi connectivity index (χ1v) is 4.23. The molecular formula is C4H6N2OS2. The molecular weight excluding hydrogens is 156 g/mol. The van der Waals surface area contributed by atoms with E-state index in [0.29, 0.717) is 0 Å². The van der Waals surface area contributed by atoms with Gasteiger partial charge in [-0.3, -0.25) is 0 Å². The first-order chi connectivity index (χ1) is 4.33. The average Bonchev–Trinajstić information content (AvgIpc) is 2.17. The SMILES string of the molecule is CSCC1N=NC(=S)O1. The van der Waals surface area contributed by atoms with E-state index < -0.39 is 0 Å². The number of hydrogen-bond acceptors (Lipinski definition) is 4. The lowest BCUT2D eigenvalue weighted by Gasteiger charge is -2.01. The van der Waals surface area contributed by atoms with Gasteiger partial charge >= 0.3 is 5.17 Å². The van der Waals surface area contributed by atoms with E-state index in [2.05, 4.69) is 22.4 Å². The van der Waals surface area contributed by atoms with Crippen molar-refractivity contribution in [1.29, 1.82) is 0 Å². The highest BCUT2D eigenvalue weighted by atomic mass is 32.2. The van der Waals surface area contributed by atoms with Crippen molar-refractivity contribution < 1.29 is 4.74 Å². The van der Waals surface area contributed by atoms with Crippen molar-refractivity contribution in [3.05, 3.63) is 0 Å². The van der Waals surface area contributed by atoms with Gasteiger partial charge in [0, 0.05) is 0 Å². The summed E-state index contributed by atoms with van der Waals surface area (Å²) in [5, 5.41) is 7.56. The molecule has 1 aliphatic rings. The lowest BCUT2D eigenvalue weighted by molar-refractivity contribution is 0.248. The zero-order chi connectivity index (χ0) is 6.69. The van der Waals surface area contributed by atoms with E-state index in [1.807, 2.05) is 6.26 Å². The minimum absolute atomic E-state index is 0.132. The van der Waals surface area contributed by atoms with Gasteiger partial charge in [-0.25, -0.2) is 0 Å². The van der Waals surface area contributed by atoms with Crippen LogP contribution in [0, 0.1) is 0 Å². The first-order valence-electron chi connectivity index (χ1n) is 2.43. The average molecular weight is 162 g/mol. The van der Waals surface area contributed by atoms with Crippen LogP contribution in [-0.4, -0.2) is 23.4 Å². The summed E-state index contributed by atoms with van der Waals surface area (Å²) in [7, 11) is 0. The van der Waals surface area contributed by atoms with Gasteiger partial charge in [-0.2, -0.15) is 11.8 Å². The fraction of sp³-hybridized carbons (Fsp3) is 0.750. The van der Waals surface area contributed by atoms with Gasteiger partial charge in [0.15, 0.2) is 0 Å². The molecule has 0 aromatic rings. The van der Waals surface area contributed by atoms with Crippen molar-refractivity contribution in [3.8, 4) is 0 Å². The van der Waals surface area contributed by atoms with Crippen molar-refractivity contribution in [1.82, 2.24) is 0 Å². The Bertz CT molecular complexity index is 148. The summed E-state index contributed by atoms with van der Waals surface area (Å²) in [5.74, 6) is 0.823. The summed E-state index contributed by atoms with van der Waals surface area (Å²) in [4.78, 5) is 0. The summed E-state index contributed by atoms with van der Waals surface area (Å²) in [5.41, 5.74) is 0. The quantitative estimate of drug-likeness (QED) is 0.576. The molecule has 0 aromatic carbocycles. The van der Waals surface area contributed by atoms with E-state index in [9.17, 15) is 0 Å². The summed E-state index contributed by atoms with van der Waals surface area (Å²) >= 11 is 6.28. The minimum Gasteiger partial charge on any atom is -0.440 e. The molecule has 1 atom stereocenters. The molecule has 1 rings (SSSR count). The molecule has 0 N–H and O–H groups in total. The van der Waals surface area contributed by atoms with Crippen molar-refractivity contribution in [2.24, 2.45) is 10.2 Å². The maximum absolute atomic E-state index is 4.98. The van der Waals surface area contributed by atoms with Gasteiger partial charge in [0.1, 0.15) is 0 Å². The molecule has 1 aliphatic heterocycles. The predicted molar refractivity (Wildman–Crippen MR) is 40.7 cm³/mol. The monoisotopic (exact) mass is 162 g/mol. The van der Waals surface area contributed by atoms with E-state index in [4.69, 9.17) is 4.74 Å². The molecule has 0 amide bonds. The maximum atomic E-state index is 4.98.